The standard InChI is InChI=1S/C24H26N4O2/c1-17-8-6-9-19(14-17)16-27-12-7-13-28-22(24(27)30)15-21(26-28)23(29)25-18(2)20-10-4-3-5-11-20/h3-6,8-11,14-15,18H,7,12-13,16H2,1-2H3,(H,25,29)/t18-/m0/s1. The lowest BCUT2D eigenvalue weighted by Gasteiger charge is -2.20. The van der Waals surface area contributed by atoms with E-state index in [1.165, 1.54) is 5.56 Å². The summed E-state index contributed by atoms with van der Waals surface area (Å²) in [6, 6.07) is 19.4. The normalized spacial score (nSPS) is 14.7. The van der Waals surface area contributed by atoms with E-state index in [0.717, 1.165) is 17.5 Å². The van der Waals surface area contributed by atoms with E-state index in [0.29, 0.717) is 25.3 Å². The van der Waals surface area contributed by atoms with Crippen LogP contribution in [0.2, 0.25) is 0 Å². The first-order chi connectivity index (χ1) is 14.5. The van der Waals surface area contributed by atoms with Crippen LogP contribution >= 0.6 is 0 Å². The Morgan fingerprint density at radius 2 is 1.90 bits per heavy atom. The van der Waals surface area contributed by atoms with Crippen molar-refractivity contribution in [2.45, 2.75) is 39.4 Å². The average Bonchev–Trinajstić information content (AvgIpc) is 3.12. The zero-order chi connectivity index (χ0) is 21.1. The molecule has 6 nitrogen and oxygen atoms in total. The van der Waals surface area contributed by atoms with Gasteiger partial charge in [0.25, 0.3) is 11.8 Å². The Labute approximate surface area is 176 Å². The van der Waals surface area contributed by atoms with Gasteiger partial charge in [0.05, 0.1) is 6.04 Å². The molecule has 0 fully saturated rings. The molecule has 0 unspecified atom stereocenters. The van der Waals surface area contributed by atoms with Crippen molar-refractivity contribution in [2.75, 3.05) is 6.54 Å². The smallest absolute Gasteiger partial charge is 0.272 e. The van der Waals surface area contributed by atoms with Crippen LogP contribution in [0, 0.1) is 6.92 Å². The minimum absolute atomic E-state index is 0.0864. The molecule has 1 atom stereocenters. The number of hydrogen-bond donors (Lipinski definition) is 1. The highest BCUT2D eigenvalue weighted by atomic mass is 16.2. The molecule has 1 aliphatic heterocycles. The molecule has 154 valence electrons. The number of benzene rings is 2. The number of fused-ring (bicyclic) bond motifs is 1. The Balaban J connectivity index is 1.50. The second kappa shape index (κ2) is 8.53. The van der Waals surface area contributed by atoms with Gasteiger partial charge < -0.3 is 10.2 Å². The maximum absolute atomic E-state index is 13.1. The summed E-state index contributed by atoms with van der Waals surface area (Å²) < 4.78 is 1.67. The lowest BCUT2D eigenvalue weighted by Crippen LogP contribution is -2.30. The van der Waals surface area contributed by atoms with Gasteiger partial charge in [-0.05, 0) is 31.4 Å². The fraction of sp³-hybridized carbons (Fsp3) is 0.292. The number of aromatic nitrogens is 2. The highest BCUT2D eigenvalue weighted by Gasteiger charge is 2.26. The van der Waals surface area contributed by atoms with Gasteiger partial charge in [-0.15, -0.1) is 0 Å². The van der Waals surface area contributed by atoms with Crippen molar-refractivity contribution < 1.29 is 9.59 Å². The summed E-state index contributed by atoms with van der Waals surface area (Å²) >= 11 is 0. The van der Waals surface area contributed by atoms with Gasteiger partial charge in [-0.25, -0.2) is 0 Å². The second-order valence-corrected chi connectivity index (χ2v) is 7.81. The molecule has 30 heavy (non-hydrogen) atoms. The molecule has 1 aromatic heterocycles. The van der Waals surface area contributed by atoms with Crippen LogP contribution in [0.15, 0.2) is 60.7 Å². The van der Waals surface area contributed by atoms with E-state index in [9.17, 15) is 9.59 Å². The largest absolute Gasteiger partial charge is 0.344 e. The van der Waals surface area contributed by atoms with Crippen molar-refractivity contribution in [3.8, 4) is 0 Å². The molecule has 0 radical (unpaired) electrons. The first kappa shape index (κ1) is 19.9. The molecule has 4 rings (SSSR count). The van der Waals surface area contributed by atoms with E-state index in [-0.39, 0.29) is 23.6 Å². The summed E-state index contributed by atoms with van der Waals surface area (Å²) in [6.07, 6.45) is 0.799. The van der Waals surface area contributed by atoms with Crippen molar-refractivity contribution in [3.05, 3.63) is 88.7 Å². The molecule has 1 N–H and O–H groups in total. The number of hydrogen-bond acceptors (Lipinski definition) is 3. The van der Waals surface area contributed by atoms with E-state index < -0.39 is 0 Å². The van der Waals surface area contributed by atoms with E-state index in [1.54, 1.807) is 10.7 Å². The highest BCUT2D eigenvalue weighted by Crippen LogP contribution is 2.18. The van der Waals surface area contributed by atoms with E-state index >= 15 is 0 Å². The molecule has 2 amide bonds. The summed E-state index contributed by atoms with van der Waals surface area (Å²) in [7, 11) is 0. The summed E-state index contributed by atoms with van der Waals surface area (Å²) in [5.41, 5.74) is 4.04. The number of carbonyl (C=O) groups excluding carboxylic acids is 2. The van der Waals surface area contributed by atoms with Crippen LogP contribution in [-0.2, 0) is 13.1 Å². The van der Waals surface area contributed by atoms with Gasteiger partial charge in [0.2, 0.25) is 0 Å². The fourth-order valence-corrected chi connectivity index (χ4v) is 3.82. The highest BCUT2D eigenvalue weighted by molar-refractivity contribution is 5.98. The Morgan fingerprint density at radius 1 is 1.10 bits per heavy atom. The number of nitrogens with one attached hydrogen (secondary N) is 1. The topological polar surface area (TPSA) is 67.2 Å². The van der Waals surface area contributed by atoms with Crippen LogP contribution in [0.4, 0.5) is 0 Å². The molecule has 2 aromatic carbocycles. The predicted molar refractivity (Wildman–Crippen MR) is 115 cm³/mol. The monoisotopic (exact) mass is 402 g/mol. The zero-order valence-electron chi connectivity index (χ0n) is 17.3. The molecule has 0 spiro atoms. The Bertz CT molecular complexity index is 1060. The Kier molecular flexibility index (Phi) is 5.65. The number of carbonyl (C=O) groups is 2. The summed E-state index contributed by atoms with van der Waals surface area (Å²) in [5, 5.41) is 7.39. The lowest BCUT2D eigenvalue weighted by molar-refractivity contribution is 0.0745. The van der Waals surface area contributed by atoms with Crippen molar-refractivity contribution in [2.24, 2.45) is 0 Å². The van der Waals surface area contributed by atoms with Crippen LogP contribution in [0.3, 0.4) is 0 Å². The Morgan fingerprint density at radius 3 is 2.67 bits per heavy atom. The molecule has 3 aromatic rings. The molecule has 0 saturated heterocycles. The van der Waals surface area contributed by atoms with Crippen molar-refractivity contribution in [1.29, 1.82) is 0 Å². The summed E-state index contributed by atoms with van der Waals surface area (Å²) in [5.74, 6) is -0.360. The molecule has 6 heteroatoms. The molecule has 2 heterocycles. The van der Waals surface area contributed by atoms with Gasteiger partial charge in [0.1, 0.15) is 5.69 Å². The summed E-state index contributed by atoms with van der Waals surface area (Å²) in [4.78, 5) is 27.7. The van der Waals surface area contributed by atoms with Crippen molar-refractivity contribution >= 4 is 11.8 Å². The number of rotatable bonds is 5. The van der Waals surface area contributed by atoms with Gasteiger partial charge in [0, 0.05) is 25.7 Å². The number of aryl methyl sites for hydroxylation is 2. The third-order valence-corrected chi connectivity index (χ3v) is 5.42. The molecule has 0 saturated carbocycles. The lowest BCUT2D eigenvalue weighted by atomic mass is 10.1. The predicted octanol–water partition coefficient (Wildman–Crippen LogP) is 3.73. The van der Waals surface area contributed by atoms with Gasteiger partial charge in [-0.2, -0.15) is 5.10 Å². The third kappa shape index (κ3) is 4.27. The molecule has 0 bridgehead atoms. The minimum Gasteiger partial charge on any atom is -0.344 e. The first-order valence-electron chi connectivity index (χ1n) is 10.3. The minimum atomic E-state index is -0.273. The number of amides is 2. The fourth-order valence-electron chi connectivity index (χ4n) is 3.82. The molecule has 0 aliphatic carbocycles. The van der Waals surface area contributed by atoms with E-state index in [4.69, 9.17) is 0 Å². The number of nitrogens with zero attached hydrogens (tertiary/aromatic N) is 3. The third-order valence-electron chi connectivity index (χ3n) is 5.42. The van der Waals surface area contributed by atoms with Gasteiger partial charge in [-0.1, -0.05) is 60.2 Å². The van der Waals surface area contributed by atoms with Gasteiger partial charge >= 0.3 is 0 Å². The quantitative estimate of drug-likeness (QED) is 0.707. The van der Waals surface area contributed by atoms with Crippen LogP contribution in [0.5, 0.6) is 0 Å². The van der Waals surface area contributed by atoms with Crippen LogP contribution in [-0.4, -0.2) is 33.0 Å². The molecular formula is C24H26N4O2. The SMILES string of the molecule is Cc1cccc(CN2CCCn3nc(C(=O)N[C@@H](C)c4ccccc4)cc3C2=O)c1. The Hall–Kier alpha value is -3.41. The van der Waals surface area contributed by atoms with Gasteiger partial charge in [-0.3, -0.25) is 14.3 Å². The van der Waals surface area contributed by atoms with Crippen LogP contribution < -0.4 is 5.32 Å². The van der Waals surface area contributed by atoms with E-state index in [2.05, 4.69) is 16.5 Å². The van der Waals surface area contributed by atoms with Crippen molar-refractivity contribution in [1.82, 2.24) is 20.0 Å². The molecular weight excluding hydrogens is 376 g/mol. The maximum atomic E-state index is 13.1. The molecule has 1 aliphatic rings. The first-order valence-corrected chi connectivity index (χ1v) is 10.3. The van der Waals surface area contributed by atoms with E-state index in [1.807, 2.05) is 67.3 Å². The van der Waals surface area contributed by atoms with Gasteiger partial charge in [0.15, 0.2) is 5.69 Å². The van der Waals surface area contributed by atoms with Crippen LogP contribution in [0.1, 0.15) is 57.1 Å². The maximum Gasteiger partial charge on any atom is 0.272 e. The zero-order valence-corrected chi connectivity index (χ0v) is 17.3. The van der Waals surface area contributed by atoms with Crippen molar-refractivity contribution in [3.63, 3.8) is 0 Å². The summed E-state index contributed by atoms with van der Waals surface area (Å²) in [6.45, 7) is 5.82. The average molecular weight is 402 g/mol. The van der Waals surface area contributed by atoms with Crippen LogP contribution in [0.25, 0.3) is 0 Å². The second-order valence-electron chi connectivity index (χ2n) is 7.81.